The van der Waals surface area contributed by atoms with E-state index in [4.69, 9.17) is 4.55 Å². The highest BCUT2D eigenvalue weighted by Crippen LogP contribution is 2.09. The van der Waals surface area contributed by atoms with Crippen molar-refractivity contribution in [3.8, 4) is 0 Å². The van der Waals surface area contributed by atoms with E-state index in [9.17, 15) is 8.42 Å². The Bertz CT molecular complexity index is 455. The number of piperazine rings is 1. The fourth-order valence-corrected chi connectivity index (χ4v) is 2.49. The van der Waals surface area contributed by atoms with Crippen LogP contribution in [0.25, 0.3) is 0 Å². The molecule has 0 atom stereocenters. The van der Waals surface area contributed by atoms with Crippen LogP contribution < -0.4 is 0 Å². The first-order valence-electron chi connectivity index (χ1n) is 5.39. The molecular weight excluding hydrogens is 242 g/mol. The fraction of sp³-hybridized carbons (Fsp3) is 0.500. The van der Waals surface area contributed by atoms with Gasteiger partial charge in [-0.3, -0.25) is 14.4 Å². The molecule has 0 spiro atoms. The van der Waals surface area contributed by atoms with Crippen LogP contribution in [0.15, 0.2) is 24.5 Å². The Morgan fingerprint density at radius 2 is 1.76 bits per heavy atom. The maximum atomic E-state index is 10.9. The van der Waals surface area contributed by atoms with Crippen LogP contribution >= 0.6 is 0 Å². The summed E-state index contributed by atoms with van der Waals surface area (Å²) in [4.78, 5) is 6.09. The van der Waals surface area contributed by atoms with Gasteiger partial charge in [0, 0.05) is 45.1 Å². The average molecular weight is 257 g/mol. The highest BCUT2D eigenvalue weighted by atomic mass is 32.2. The van der Waals surface area contributed by atoms with Crippen molar-refractivity contribution in [3.05, 3.63) is 30.1 Å². The van der Waals surface area contributed by atoms with Crippen molar-refractivity contribution in [1.29, 1.82) is 0 Å². The largest absolute Gasteiger partial charge is 0.335 e. The van der Waals surface area contributed by atoms with E-state index in [2.05, 4.69) is 9.88 Å². The van der Waals surface area contributed by atoms with Crippen LogP contribution in [0, 0.1) is 0 Å². The zero-order valence-electron chi connectivity index (χ0n) is 9.36. The summed E-state index contributed by atoms with van der Waals surface area (Å²) in [5, 5.41) is 0. The molecule has 6 nitrogen and oxygen atoms in total. The van der Waals surface area contributed by atoms with Gasteiger partial charge in [-0.1, -0.05) is 0 Å². The molecule has 1 saturated heterocycles. The third-order valence-electron chi connectivity index (χ3n) is 2.81. The molecule has 1 aromatic heterocycles. The topological polar surface area (TPSA) is 73.7 Å². The van der Waals surface area contributed by atoms with Crippen molar-refractivity contribution in [1.82, 2.24) is 14.2 Å². The van der Waals surface area contributed by atoms with Gasteiger partial charge in [-0.15, -0.1) is 0 Å². The van der Waals surface area contributed by atoms with Gasteiger partial charge in [0.1, 0.15) is 0 Å². The van der Waals surface area contributed by atoms with Gasteiger partial charge in [-0.2, -0.15) is 12.7 Å². The summed E-state index contributed by atoms with van der Waals surface area (Å²) < 4.78 is 31.8. The van der Waals surface area contributed by atoms with Crippen molar-refractivity contribution < 1.29 is 13.0 Å². The summed E-state index contributed by atoms with van der Waals surface area (Å²) in [6, 6.07) is 3.88. The summed E-state index contributed by atoms with van der Waals surface area (Å²) in [5.74, 6) is 0. The van der Waals surface area contributed by atoms with Crippen LogP contribution in [-0.2, 0) is 16.8 Å². The van der Waals surface area contributed by atoms with Gasteiger partial charge in [0.2, 0.25) is 0 Å². The van der Waals surface area contributed by atoms with Gasteiger partial charge in [0.05, 0.1) is 0 Å². The second-order valence-electron chi connectivity index (χ2n) is 4.01. The molecule has 0 radical (unpaired) electrons. The normalized spacial score (nSPS) is 19.4. The molecule has 94 valence electrons. The molecule has 1 aliphatic heterocycles. The summed E-state index contributed by atoms with van der Waals surface area (Å²) in [7, 11) is -4.03. The minimum atomic E-state index is -4.03. The third kappa shape index (κ3) is 3.47. The Balaban J connectivity index is 1.88. The van der Waals surface area contributed by atoms with Crippen LogP contribution in [0.1, 0.15) is 5.56 Å². The van der Waals surface area contributed by atoms with Gasteiger partial charge in [-0.25, -0.2) is 0 Å². The molecule has 2 heterocycles. The van der Waals surface area contributed by atoms with Gasteiger partial charge >= 0.3 is 10.3 Å². The van der Waals surface area contributed by atoms with Crippen molar-refractivity contribution in [2.75, 3.05) is 26.2 Å². The van der Waals surface area contributed by atoms with Gasteiger partial charge in [-0.05, 0) is 17.7 Å². The molecule has 0 saturated carbocycles. The molecule has 0 amide bonds. The first-order chi connectivity index (χ1) is 8.05. The van der Waals surface area contributed by atoms with E-state index in [-0.39, 0.29) is 0 Å². The Morgan fingerprint density at radius 1 is 1.18 bits per heavy atom. The molecule has 0 unspecified atom stereocenters. The van der Waals surface area contributed by atoms with E-state index in [1.54, 1.807) is 12.4 Å². The van der Waals surface area contributed by atoms with Crippen LogP contribution in [-0.4, -0.2) is 53.3 Å². The lowest BCUT2D eigenvalue weighted by Crippen LogP contribution is -2.47. The van der Waals surface area contributed by atoms with Gasteiger partial charge < -0.3 is 0 Å². The monoisotopic (exact) mass is 257 g/mol. The van der Waals surface area contributed by atoms with E-state index < -0.39 is 10.3 Å². The number of hydrogen-bond acceptors (Lipinski definition) is 4. The molecule has 7 heteroatoms. The molecule has 0 bridgehead atoms. The smallest absolute Gasteiger partial charge is 0.296 e. The molecular formula is C10H15N3O3S. The number of pyridine rings is 1. The van der Waals surface area contributed by atoms with Crippen molar-refractivity contribution in [3.63, 3.8) is 0 Å². The van der Waals surface area contributed by atoms with E-state index >= 15 is 0 Å². The third-order valence-corrected chi connectivity index (χ3v) is 3.83. The van der Waals surface area contributed by atoms with Crippen molar-refractivity contribution >= 4 is 10.3 Å². The second kappa shape index (κ2) is 5.09. The lowest BCUT2D eigenvalue weighted by Gasteiger charge is -2.32. The van der Waals surface area contributed by atoms with Gasteiger partial charge in [0.15, 0.2) is 0 Å². The highest BCUT2D eigenvalue weighted by Gasteiger charge is 2.24. The zero-order valence-corrected chi connectivity index (χ0v) is 10.2. The van der Waals surface area contributed by atoms with E-state index in [1.807, 2.05) is 12.1 Å². The van der Waals surface area contributed by atoms with Crippen LogP contribution in [0.5, 0.6) is 0 Å². The molecule has 2 rings (SSSR count). The van der Waals surface area contributed by atoms with E-state index in [1.165, 1.54) is 0 Å². The second-order valence-corrected chi connectivity index (χ2v) is 5.42. The van der Waals surface area contributed by atoms with Gasteiger partial charge in [0.25, 0.3) is 0 Å². The summed E-state index contributed by atoms with van der Waals surface area (Å²) in [6.45, 7) is 2.71. The van der Waals surface area contributed by atoms with Crippen molar-refractivity contribution in [2.24, 2.45) is 0 Å². The minimum absolute atomic E-state index is 0.337. The number of nitrogens with zero attached hydrogens (tertiary/aromatic N) is 3. The molecule has 1 aromatic rings. The fourth-order valence-electron chi connectivity index (χ4n) is 1.86. The maximum absolute atomic E-state index is 10.9. The molecule has 0 aromatic carbocycles. The predicted octanol–water partition coefficient (Wildman–Crippen LogP) is 0.00200. The lowest BCUT2D eigenvalue weighted by atomic mass is 10.2. The summed E-state index contributed by atoms with van der Waals surface area (Å²) in [6.07, 6.45) is 3.48. The quantitative estimate of drug-likeness (QED) is 0.772. The Hall–Kier alpha value is -1.02. The zero-order chi connectivity index (χ0) is 12.3. The Labute approximate surface area is 101 Å². The number of hydrogen-bond donors (Lipinski definition) is 1. The van der Waals surface area contributed by atoms with Crippen LogP contribution in [0.3, 0.4) is 0 Å². The first kappa shape index (κ1) is 12.4. The molecule has 17 heavy (non-hydrogen) atoms. The standard InChI is InChI=1S/C10H15N3O3S/c14-17(15,16)13-7-5-12(6-8-13)9-10-1-3-11-4-2-10/h1-4H,5-9H2,(H,14,15,16). The maximum Gasteiger partial charge on any atom is 0.335 e. The van der Waals surface area contributed by atoms with E-state index in [0.717, 1.165) is 16.4 Å². The number of aromatic nitrogens is 1. The summed E-state index contributed by atoms with van der Waals surface area (Å²) >= 11 is 0. The number of rotatable bonds is 3. The summed E-state index contributed by atoms with van der Waals surface area (Å²) in [5.41, 5.74) is 1.15. The average Bonchev–Trinajstić information content (AvgIpc) is 2.30. The van der Waals surface area contributed by atoms with Crippen molar-refractivity contribution in [2.45, 2.75) is 6.54 Å². The SMILES string of the molecule is O=S(=O)(O)N1CCN(Cc2ccncc2)CC1. The lowest BCUT2D eigenvalue weighted by molar-refractivity contribution is 0.173. The molecule has 0 aliphatic carbocycles. The Morgan fingerprint density at radius 3 is 2.29 bits per heavy atom. The highest BCUT2D eigenvalue weighted by molar-refractivity contribution is 7.83. The van der Waals surface area contributed by atoms with E-state index in [0.29, 0.717) is 26.2 Å². The minimum Gasteiger partial charge on any atom is -0.296 e. The molecule has 1 N–H and O–H groups in total. The van der Waals surface area contributed by atoms with Crippen LogP contribution in [0.4, 0.5) is 0 Å². The first-order valence-corrected chi connectivity index (χ1v) is 6.79. The predicted molar refractivity (Wildman–Crippen MR) is 62.6 cm³/mol. The Kier molecular flexibility index (Phi) is 3.72. The molecule has 1 aliphatic rings. The molecule has 1 fully saturated rings. The van der Waals surface area contributed by atoms with Crippen LogP contribution in [0.2, 0.25) is 0 Å².